The summed E-state index contributed by atoms with van der Waals surface area (Å²) in [6.45, 7) is 0. The van der Waals surface area contributed by atoms with E-state index in [0.29, 0.717) is 0 Å². The van der Waals surface area contributed by atoms with Crippen LogP contribution in [0, 0.1) is 0 Å². The average molecular weight is 406 g/mol. The average Bonchev–Trinajstić information content (AvgIpc) is 3.49. The quantitative estimate of drug-likeness (QED) is 0.538. The van der Waals surface area contributed by atoms with Crippen molar-refractivity contribution >= 4 is 29.6 Å². The van der Waals surface area contributed by atoms with E-state index < -0.39 is 0 Å². The summed E-state index contributed by atoms with van der Waals surface area (Å²) in [5.74, 6) is 0.862. The SMILES string of the molecule is Cl.c1c[nH]nn1.c1ccc(C2=NNN(c3ccccc3)N2c2ccccc2)cc1. The molecule has 4 aromatic rings. The Balaban J connectivity index is 0.000000352. The van der Waals surface area contributed by atoms with Crippen LogP contribution in [0.4, 0.5) is 11.4 Å². The Labute approximate surface area is 175 Å². The van der Waals surface area contributed by atoms with Crippen LogP contribution in [0.5, 0.6) is 0 Å². The zero-order valence-corrected chi connectivity index (χ0v) is 16.3. The normalized spacial score (nSPS) is 12.2. The van der Waals surface area contributed by atoms with Crippen LogP contribution in [-0.4, -0.2) is 21.2 Å². The second kappa shape index (κ2) is 9.91. The van der Waals surface area contributed by atoms with Crippen molar-refractivity contribution in [3.8, 4) is 0 Å². The number of para-hydroxylation sites is 2. The van der Waals surface area contributed by atoms with Crippen LogP contribution >= 0.6 is 12.4 Å². The molecular weight excluding hydrogens is 386 g/mol. The first kappa shape index (κ1) is 19.9. The van der Waals surface area contributed by atoms with Crippen molar-refractivity contribution in [3.63, 3.8) is 0 Å². The Morgan fingerprint density at radius 1 is 0.690 bits per heavy atom. The molecule has 0 amide bonds. The second-order valence-electron chi connectivity index (χ2n) is 5.86. The molecule has 0 atom stereocenters. The van der Waals surface area contributed by atoms with Gasteiger partial charge in [0.05, 0.1) is 17.6 Å². The predicted octanol–water partition coefficient (Wildman–Crippen LogP) is 4.02. The summed E-state index contributed by atoms with van der Waals surface area (Å²) in [7, 11) is 0. The number of nitrogens with zero attached hydrogens (tertiary/aromatic N) is 5. The minimum Gasteiger partial charge on any atom is -0.266 e. The number of nitrogens with one attached hydrogen (secondary N) is 2. The first-order valence-corrected chi connectivity index (χ1v) is 8.83. The fraction of sp³-hybridized carbons (Fsp3) is 0. The molecule has 3 aromatic carbocycles. The van der Waals surface area contributed by atoms with Crippen LogP contribution in [0.1, 0.15) is 5.56 Å². The zero-order valence-electron chi connectivity index (χ0n) is 15.5. The van der Waals surface area contributed by atoms with Crippen LogP contribution in [0.25, 0.3) is 0 Å². The lowest BCUT2D eigenvalue weighted by atomic mass is 10.2. The molecule has 2 heterocycles. The standard InChI is InChI=1S/C19H16N4.C2H3N3.ClH/c1-4-10-16(11-5-1)19-20-21-23(18-14-8-3-9-15-18)22(19)17-12-6-2-7-13-17;1-2-4-5-3-1;/h1-15,21H;1-2H,(H,3,4,5);1H. The van der Waals surface area contributed by atoms with Crippen LogP contribution in [0.3, 0.4) is 0 Å². The molecule has 5 rings (SSSR count). The first-order chi connectivity index (χ1) is 13.9. The van der Waals surface area contributed by atoms with Crippen molar-refractivity contribution in [2.24, 2.45) is 5.10 Å². The van der Waals surface area contributed by atoms with E-state index in [2.05, 4.69) is 55.3 Å². The fourth-order valence-corrected chi connectivity index (χ4v) is 2.77. The number of hydrogen-bond donors (Lipinski definition) is 2. The lowest BCUT2D eigenvalue weighted by molar-refractivity contribution is 0.723. The number of hydrazone groups is 1. The van der Waals surface area contributed by atoms with Gasteiger partial charge in [-0.15, -0.1) is 22.6 Å². The summed E-state index contributed by atoms with van der Waals surface area (Å²) in [5.41, 5.74) is 6.24. The molecule has 0 aliphatic carbocycles. The van der Waals surface area contributed by atoms with Crippen molar-refractivity contribution in [3.05, 3.63) is 109 Å². The number of anilines is 2. The highest BCUT2D eigenvalue weighted by atomic mass is 35.5. The maximum Gasteiger partial charge on any atom is 0.182 e. The summed E-state index contributed by atoms with van der Waals surface area (Å²) in [5, 5.41) is 17.8. The van der Waals surface area contributed by atoms with Crippen LogP contribution in [0.15, 0.2) is 108 Å². The lowest BCUT2D eigenvalue weighted by Crippen LogP contribution is -2.46. The van der Waals surface area contributed by atoms with Gasteiger partial charge in [-0.2, -0.15) is 10.7 Å². The van der Waals surface area contributed by atoms with E-state index in [1.807, 2.05) is 71.8 Å². The van der Waals surface area contributed by atoms with Gasteiger partial charge in [0.25, 0.3) is 0 Å². The maximum atomic E-state index is 4.54. The van der Waals surface area contributed by atoms with Crippen molar-refractivity contribution in [1.82, 2.24) is 20.9 Å². The number of aromatic amines is 1. The van der Waals surface area contributed by atoms with Crippen molar-refractivity contribution < 1.29 is 0 Å². The number of H-pyrrole nitrogens is 1. The van der Waals surface area contributed by atoms with Gasteiger partial charge in [0, 0.05) is 11.8 Å². The van der Waals surface area contributed by atoms with Gasteiger partial charge in [-0.25, -0.2) is 5.01 Å². The highest BCUT2D eigenvalue weighted by Crippen LogP contribution is 2.26. The van der Waals surface area contributed by atoms with Gasteiger partial charge < -0.3 is 0 Å². The third-order valence-corrected chi connectivity index (χ3v) is 4.02. The molecule has 8 heteroatoms. The largest absolute Gasteiger partial charge is 0.266 e. The molecule has 29 heavy (non-hydrogen) atoms. The molecule has 7 nitrogen and oxygen atoms in total. The number of benzene rings is 3. The van der Waals surface area contributed by atoms with Gasteiger partial charge >= 0.3 is 0 Å². The van der Waals surface area contributed by atoms with Crippen molar-refractivity contribution in [2.45, 2.75) is 0 Å². The van der Waals surface area contributed by atoms with E-state index in [9.17, 15) is 0 Å². The minimum absolute atomic E-state index is 0. The Morgan fingerprint density at radius 3 is 1.79 bits per heavy atom. The van der Waals surface area contributed by atoms with E-state index >= 15 is 0 Å². The number of aromatic nitrogens is 3. The number of hydrogen-bond acceptors (Lipinski definition) is 6. The minimum atomic E-state index is 0. The fourth-order valence-electron chi connectivity index (χ4n) is 2.77. The summed E-state index contributed by atoms with van der Waals surface area (Å²) in [4.78, 5) is 0. The molecule has 0 spiro atoms. The van der Waals surface area contributed by atoms with Crippen LogP contribution in [0.2, 0.25) is 0 Å². The molecule has 0 bridgehead atoms. The molecule has 1 aliphatic rings. The summed E-state index contributed by atoms with van der Waals surface area (Å²) in [6.07, 6.45) is 3.24. The smallest absolute Gasteiger partial charge is 0.182 e. The maximum absolute atomic E-state index is 4.54. The molecule has 1 aromatic heterocycles. The summed E-state index contributed by atoms with van der Waals surface area (Å²) >= 11 is 0. The molecule has 0 saturated carbocycles. The zero-order chi connectivity index (χ0) is 19.0. The highest BCUT2D eigenvalue weighted by Gasteiger charge is 2.28. The molecule has 0 saturated heterocycles. The number of amidine groups is 1. The Morgan fingerprint density at radius 2 is 1.28 bits per heavy atom. The van der Waals surface area contributed by atoms with Gasteiger partial charge in [-0.05, 0) is 24.3 Å². The Bertz CT molecular complexity index is 976. The van der Waals surface area contributed by atoms with Crippen molar-refractivity contribution in [1.29, 1.82) is 0 Å². The van der Waals surface area contributed by atoms with E-state index in [1.165, 1.54) is 0 Å². The first-order valence-electron chi connectivity index (χ1n) is 8.83. The van der Waals surface area contributed by atoms with Gasteiger partial charge in [-0.3, -0.25) is 5.10 Å². The van der Waals surface area contributed by atoms with Crippen LogP contribution < -0.4 is 15.7 Å². The topological polar surface area (TPSA) is 72.4 Å². The summed E-state index contributed by atoms with van der Waals surface area (Å²) in [6, 6.07) is 30.5. The van der Waals surface area contributed by atoms with Gasteiger partial charge in [-0.1, -0.05) is 71.9 Å². The molecular formula is C21H20ClN7. The monoisotopic (exact) mass is 405 g/mol. The molecule has 146 valence electrons. The molecule has 0 radical (unpaired) electrons. The van der Waals surface area contributed by atoms with E-state index in [0.717, 1.165) is 22.8 Å². The van der Waals surface area contributed by atoms with E-state index in [-0.39, 0.29) is 12.4 Å². The Kier molecular flexibility index (Phi) is 6.80. The molecule has 0 unspecified atom stereocenters. The molecule has 0 fully saturated rings. The number of hydrazine groups is 2. The number of rotatable bonds is 3. The highest BCUT2D eigenvalue weighted by molar-refractivity contribution is 6.12. The predicted molar refractivity (Wildman–Crippen MR) is 118 cm³/mol. The van der Waals surface area contributed by atoms with E-state index in [4.69, 9.17) is 0 Å². The second-order valence-corrected chi connectivity index (χ2v) is 5.86. The number of halogens is 1. The van der Waals surface area contributed by atoms with Gasteiger partial charge in [0.15, 0.2) is 5.84 Å². The molecule has 2 N–H and O–H groups in total. The van der Waals surface area contributed by atoms with E-state index in [1.54, 1.807) is 12.4 Å². The van der Waals surface area contributed by atoms with Gasteiger partial charge in [0.2, 0.25) is 0 Å². The molecule has 1 aliphatic heterocycles. The third-order valence-electron chi connectivity index (χ3n) is 4.02. The van der Waals surface area contributed by atoms with Crippen LogP contribution in [-0.2, 0) is 0 Å². The lowest BCUT2D eigenvalue weighted by Gasteiger charge is -2.30. The third kappa shape index (κ3) is 4.72. The van der Waals surface area contributed by atoms with Crippen molar-refractivity contribution in [2.75, 3.05) is 10.1 Å². The Hall–Kier alpha value is -3.84. The summed E-state index contributed by atoms with van der Waals surface area (Å²) < 4.78 is 0. The van der Waals surface area contributed by atoms with Gasteiger partial charge in [0.1, 0.15) is 0 Å².